The van der Waals surface area contributed by atoms with E-state index in [2.05, 4.69) is 26.1 Å². The van der Waals surface area contributed by atoms with Crippen molar-refractivity contribution in [2.45, 2.75) is 12.5 Å². The summed E-state index contributed by atoms with van der Waals surface area (Å²) in [5.41, 5.74) is 7.78. The largest absolute Gasteiger partial charge is 0.340 e. The number of rotatable bonds is 8. The minimum absolute atomic E-state index is 0.355. The molecule has 3 amide bonds. The number of nitrogens with zero attached hydrogens (tertiary/aromatic N) is 2. The van der Waals surface area contributed by atoms with Crippen molar-refractivity contribution in [1.82, 2.24) is 26.1 Å². The molecule has 0 aliphatic carbocycles. The number of carbonyl (C=O) groups excluding carboxylic acids is 3. The molecule has 0 unspecified atom stereocenters. The van der Waals surface area contributed by atoms with E-state index < -0.39 is 17.9 Å². The molecule has 0 saturated heterocycles. The van der Waals surface area contributed by atoms with Crippen molar-refractivity contribution in [2.75, 3.05) is 12.0 Å². The van der Waals surface area contributed by atoms with Crippen LogP contribution in [-0.2, 0) is 4.79 Å². The van der Waals surface area contributed by atoms with Gasteiger partial charge in [0.2, 0.25) is 0 Å². The van der Waals surface area contributed by atoms with Crippen LogP contribution in [0.15, 0.2) is 85.2 Å². The topological polar surface area (TPSA) is 113 Å². The fourth-order valence-corrected chi connectivity index (χ4v) is 4.11. The molecule has 2 heterocycles. The number of nitrogens with one attached hydrogen (secondary N) is 3. The van der Waals surface area contributed by atoms with Crippen LogP contribution in [0.4, 0.5) is 0 Å². The second-order valence-electron chi connectivity index (χ2n) is 7.93. The van der Waals surface area contributed by atoms with Gasteiger partial charge in [0.1, 0.15) is 6.04 Å². The number of thioether (sulfide) groups is 1. The Morgan fingerprint density at radius 3 is 2.44 bits per heavy atom. The fraction of sp³-hybridized carbons (Fsp3) is 0.148. The summed E-state index contributed by atoms with van der Waals surface area (Å²) in [6, 6.07) is 20.5. The average molecular weight is 500 g/mol. The molecule has 0 radical (unpaired) electrons. The maximum Gasteiger partial charge on any atom is 0.270 e. The Bertz CT molecular complexity index is 1370. The van der Waals surface area contributed by atoms with E-state index in [9.17, 15) is 14.4 Å². The molecular formula is C27H25N5O3S. The first kappa shape index (κ1) is 24.9. The van der Waals surface area contributed by atoms with Crippen LogP contribution in [-0.4, -0.2) is 45.7 Å². The monoisotopic (exact) mass is 499 g/mol. The zero-order valence-electron chi connectivity index (χ0n) is 19.6. The van der Waals surface area contributed by atoms with Gasteiger partial charge in [-0.15, -0.1) is 0 Å². The molecule has 0 saturated carbocycles. The number of fused-ring (bicyclic) bond motifs is 1. The zero-order chi connectivity index (χ0) is 25.3. The summed E-state index contributed by atoms with van der Waals surface area (Å²) in [6.45, 7) is 0. The fourth-order valence-electron chi connectivity index (χ4n) is 3.63. The van der Waals surface area contributed by atoms with E-state index in [1.54, 1.807) is 66.6 Å². The Morgan fingerprint density at radius 2 is 1.69 bits per heavy atom. The van der Waals surface area contributed by atoms with Crippen LogP contribution in [0.1, 0.15) is 27.1 Å². The van der Waals surface area contributed by atoms with E-state index in [0.29, 0.717) is 39.9 Å². The minimum Gasteiger partial charge on any atom is -0.340 e. The Morgan fingerprint density at radius 1 is 0.917 bits per heavy atom. The van der Waals surface area contributed by atoms with Gasteiger partial charge in [-0.2, -0.15) is 11.8 Å². The number of para-hydroxylation sites is 1. The maximum absolute atomic E-state index is 13.2. The van der Waals surface area contributed by atoms with Crippen LogP contribution >= 0.6 is 11.8 Å². The molecule has 2 aromatic heterocycles. The Kier molecular flexibility index (Phi) is 8.25. The first-order valence-electron chi connectivity index (χ1n) is 11.3. The number of amides is 3. The lowest BCUT2D eigenvalue weighted by Gasteiger charge is -2.19. The molecule has 4 rings (SSSR count). The highest BCUT2D eigenvalue weighted by Crippen LogP contribution is 2.24. The number of aromatic nitrogens is 2. The second kappa shape index (κ2) is 11.9. The van der Waals surface area contributed by atoms with E-state index >= 15 is 0 Å². The van der Waals surface area contributed by atoms with Crippen molar-refractivity contribution < 1.29 is 14.4 Å². The van der Waals surface area contributed by atoms with Crippen molar-refractivity contribution in [2.24, 2.45) is 0 Å². The van der Waals surface area contributed by atoms with Crippen LogP contribution in [0.5, 0.6) is 0 Å². The van der Waals surface area contributed by atoms with Crippen molar-refractivity contribution in [3.63, 3.8) is 0 Å². The van der Waals surface area contributed by atoms with Crippen molar-refractivity contribution >= 4 is 40.4 Å². The predicted molar refractivity (Wildman–Crippen MR) is 141 cm³/mol. The van der Waals surface area contributed by atoms with Gasteiger partial charge in [-0.05, 0) is 54.8 Å². The summed E-state index contributed by atoms with van der Waals surface area (Å²) in [6.07, 6.45) is 5.67. The number of carbonyl (C=O) groups is 3. The highest BCUT2D eigenvalue weighted by atomic mass is 32.2. The summed E-state index contributed by atoms with van der Waals surface area (Å²) in [7, 11) is 0. The molecule has 9 heteroatoms. The van der Waals surface area contributed by atoms with Gasteiger partial charge in [0.25, 0.3) is 17.7 Å². The van der Waals surface area contributed by atoms with Crippen LogP contribution in [0.3, 0.4) is 0 Å². The summed E-state index contributed by atoms with van der Waals surface area (Å²) in [5, 5.41) is 3.41. The first-order chi connectivity index (χ1) is 17.6. The molecule has 36 heavy (non-hydrogen) atoms. The lowest BCUT2D eigenvalue weighted by molar-refractivity contribution is -0.123. The Balaban J connectivity index is 1.51. The molecule has 4 aromatic rings. The molecule has 8 nitrogen and oxygen atoms in total. The third-order valence-corrected chi connectivity index (χ3v) is 6.13. The maximum atomic E-state index is 13.2. The number of benzene rings is 2. The SMILES string of the molecule is CSCC[C@H](NC(=O)c1ccccc1)C(=O)NNC(=O)c1cc(-c2cccnc2)nc2ccccc12. The van der Waals surface area contributed by atoms with Crippen molar-refractivity contribution in [3.05, 3.63) is 96.3 Å². The Labute approximate surface area is 212 Å². The third-order valence-electron chi connectivity index (χ3n) is 5.49. The summed E-state index contributed by atoms with van der Waals surface area (Å²) in [5.74, 6) is -0.702. The van der Waals surface area contributed by atoms with Gasteiger partial charge in [0.05, 0.1) is 16.8 Å². The highest BCUT2D eigenvalue weighted by Gasteiger charge is 2.22. The number of hydrazine groups is 1. The molecule has 1 atom stereocenters. The van der Waals surface area contributed by atoms with E-state index in [-0.39, 0.29) is 5.91 Å². The highest BCUT2D eigenvalue weighted by molar-refractivity contribution is 7.98. The quantitative estimate of drug-likeness (QED) is 0.319. The summed E-state index contributed by atoms with van der Waals surface area (Å²) >= 11 is 1.56. The molecule has 0 aliphatic rings. The van der Waals surface area contributed by atoms with Crippen LogP contribution < -0.4 is 16.2 Å². The first-order valence-corrected chi connectivity index (χ1v) is 12.7. The van der Waals surface area contributed by atoms with Crippen molar-refractivity contribution in [1.29, 1.82) is 0 Å². The number of pyridine rings is 2. The summed E-state index contributed by atoms with van der Waals surface area (Å²) < 4.78 is 0. The average Bonchev–Trinajstić information content (AvgIpc) is 2.94. The number of hydrogen-bond donors (Lipinski definition) is 3. The van der Waals surface area contributed by atoms with Gasteiger partial charge in [-0.3, -0.25) is 30.2 Å². The molecule has 2 aromatic carbocycles. The number of hydrogen-bond acceptors (Lipinski definition) is 6. The van der Waals surface area contributed by atoms with E-state index in [1.165, 1.54) is 0 Å². The molecule has 0 fully saturated rings. The van der Waals surface area contributed by atoms with Gasteiger partial charge in [-0.25, -0.2) is 4.98 Å². The molecule has 0 aliphatic heterocycles. The normalized spacial score (nSPS) is 11.5. The second-order valence-corrected chi connectivity index (χ2v) is 8.92. The van der Waals surface area contributed by atoms with Crippen molar-refractivity contribution in [3.8, 4) is 11.3 Å². The molecule has 3 N–H and O–H groups in total. The summed E-state index contributed by atoms with van der Waals surface area (Å²) in [4.78, 5) is 47.5. The van der Waals surface area contributed by atoms with Crippen LogP contribution in [0.2, 0.25) is 0 Å². The van der Waals surface area contributed by atoms with E-state index in [0.717, 1.165) is 5.56 Å². The van der Waals surface area contributed by atoms with Gasteiger partial charge in [0.15, 0.2) is 0 Å². The predicted octanol–water partition coefficient (Wildman–Crippen LogP) is 3.61. The standard InChI is InChI=1S/C27H25N5O3S/c1-36-15-13-23(30-25(33)18-8-3-2-4-9-18)27(35)32-31-26(34)21-16-24(19-10-7-14-28-17-19)29-22-12-6-5-11-20(21)22/h2-12,14,16-17,23H,13,15H2,1H3,(H,30,33)(H,31,34)(H,32,35)/t23-/m0/s1. The molecule has 0 spiro atoms. The van der Waals surface area contributed by atoms with Crippen LogP contribution in [0.25, 0.3) is 22.2 Å². The van der Waals surface area contributed by atoms with Gasteiger partial charge < -0.3 is 5.32 Å². The lowest BCUT2D eigenvalue weighted by atomic mass is 10.0. The van der Waals surface area contributed by atoms with Gasteiger partial charge in [0, 0.05) is 28.9 Å². The van der Waals surface area contributed by atoms with Gasteiger partial charge in [-0.1, -0.05) is 36.4 Å². The zero-order valence-corrected chi connectivity index (χ0v) is 20.4. The smallest absolute Gasteiger partial charge is 0.270 e. The van der Waals surface area contributed by atoms with Crippen LogP contribution in [0, 0.1) is 0 Å². The Hall–Kier alpha value is -4.24. The van der Waals surface area contributed by atoms with Gasteiger partial charge >= 0.3 is 0 Å². The van der Waals surface area contributed by atoms with E-state index in [4.69, 9.17) is 0 Å². The molecular weight excluding hydrogens is 474 g/mol. The van der Waals surface area contributed by atoms with E-state index in [1.807, 2.05) is 36.6 Å². The molecule has 182 valence electrons. The third kappa shape index (κ3) is 6.05. The lowest BCUT2D eigenvalue weighted by Crippen LogP contribution is -2.52. The molecule has 0 bridgehead atoms. The minimum atomic E-state index is -0.814.